The second-order valence-corrected chi connectivity index (χ2v) is 5.76. The van der Waals surface area contributed by atoms with Crippen molar-refractivity contribution in [2.24, 2.45) is 0 Å². The number of thiazole rings is 1. The number of benzene rings is 1. The van der Waals surface area contributed by atoms with E-state index in [9.17, 15) is 0 Å². The molecular weight excluding hydrogens is 258 g/mol. The van der Waals surface area contributed by atoms with Gasteiger partial charge in [0.25, 0.3) is 0 Å². The number of furan rings is 1. The lowest BCUT2D eigenvalue weighted by Gasteiger charge is -2.14. The Bertz CT molecular complexity index is 703. The Hall–Kier alpha value is -2.01. The molecule has 0 aliphatic rings. The van der Waals surface area contributed by atoms with Crippen LogP contribution in [0.25, 0.3) is 10.2 Å². The molecule has 3 aromatic rings. The second kappa shape index (κ2) is 4.59. The number of nitrogens with one attached hydrogen (secondary N) is 1. The minimum absolute atomic E-state index is 0.0643. The number of rotatable bonds is 3. The molecule has 0 saturated carbocycles. The third-order valence-electron chi connectivity index (χ3n) is 3.01. The molecular formula is C14H15N3OS. The molecule has 2 aromatic heterocycles. The Labute approximate surface area is 115 Å². The van der Waals surface area contributed by atoms with Crippen LogP contribution >= 0.6 is 11.3 Å². The molecule has 0 aliphatic carbocycles. The number of hydrogen-bond acceptors (Lipinski definition) is 5. The SMILES string of the molecule is Cc1nc2cc(NC(C)c3ccco3)c(N)cc2s1. The van der Waals surface area contributed by atoms with Crippen LogP contribution in [-0.4, -0.2) is 4.98 Å². The molecule has 0 saturated heterocycles. The summed E-state index contributed by atoms with van der Waals surface area (Å²) in [5.74, 6) is 0.883. The van der Waals surface area contributed by atoms with Crippen molar-refractivity contribution in [1.29, 1.82) is 0 Å². The molecule has 0 spiro atoms. The molecule has 5 heteroatoms. The summed E-state index contributed by atoms with van der Waals surface area (Å²) in [7, 11) is 0. The Morgan fingerprint density at radius 3 is 3.00 bits per heavy atom. The second-order valence-electron chi connectivity index (χ2n) is 4.52. The first-order chi connectivity index (χ1) is 9.13. The van der Waals surface area contributed by atoms with Crippen molar-refractivity contribution in [2.75, 3.05) is 11.1 Å². The number of aromatic nitrogens is 1. The zero-order valence-electron chi connectivity index (χ0n) is 10.8. The highest BCUT2D eigenvalue weighted by molar-refractivity contribution is 7.18. The Kier molecular flexibility index (Phi) is 2.91. The van der Waals surface area contributed by atoms with Crippen molar-refractivity contribution in [3.05, 3.63) is 41.3 Å². The molecule has 0 radical (unpaired) electrons. The summed E-state index contributed by atoms with van der Waals surface area (Å²) < 4.78 is 6.50. The lowest BCUT2D eigenvalue weighted by atomic mass is 10.2. The number of nitrogen functional groups attached to an aromatic ring is 1. The van der Waals surface area contributed by atoms with Crippen LogP contribution in [-0.2, 0) is 0 Å². The van der Waals surface area contributed by atoms with Gasteiger partial charge in [0.2, 0.25) is 0 Å². The zero-order chi connectivity index (χ0) is 13.4. The van der Waals surface area contributed by atoms with Crippen molar-refractivity contribution in [1.82, 2.24) is 4.98 Å². The third-order valence-corrected chi connectivity index (χ3v) is 3.94. The summed E-state index contributed by atoms with van der Waals surface area (Å²) in [6.07, 6.45) is 1.67. The van der Waals surface area contributed by atoms with Gasteiger partial charge in [-0.25, -0.2) is 4.98 Å². The van der Waals surface area contributed by atoms with Gasteiger partial charge in [-0.05, 0) is 38.1 Å². The van der Waals surface area contributed by atoms with Gasteiger partial charge in [0.1, 0.15) is 5.76 Å². The third kappa shape index (κ3) is 2.29. The molecule has 98 valence electrons. The van der Waals surface area contributed by atoms with E-state index < -0.39 is 0 Å². The molecule has 1 atom stereocenters. The normalized spacial score (nSPS) is 12.7. The highest BCUT2D eigenvalue weighted by Crippen LogP contribution is 2.31. The summed E-state index contributed by atoms with van der Waals surface area (Å²) in [4.78, 5) is 4.48. The minimum atomic E-state index is 0.0643. The van der Waals surface area contributed by atoms with E-state index in [0.29, 0.717) is 0 Å². The van der Waals surface area contributed by atoms with Gasteiger partial charge in [0.15, 0.2) is 0 Å². The maximum atomic E-state index is 6.08. The molecule has 1 unspecified atom stereocenters. The first-order valence-electron chi connectivity index (χ1n) is 6.10. The number of hydrogen-bond donors (Lipinski definition) is 2. The van der Waals surface area contributed by atoms with E-state index in [-0.39, 0.29) is 6.04 Å². The van der Waals surface area contributed by atoms with Gasteiger partial charge < -0.3 is 15.5 Å². The van der Waals surface area contributed by atoms with E-state index in [2.05, 4.69) is 10.3 Å². The maximum Gasteiger partial charge on any atom is 0.125 e. The van der Waals surface area contributed by atoms with Crippen LogP contribution in [0.5, 0.6) is 0 Å². The van der Waals surface area contributed by atoms with Crippen molar-refractivity contribution >= 4 is 32.9 Å². The van der Waals surface area contributed by atoms with Crippen LogP contribution in [0.3, 0.4) is 0 Å². The van der Waals surface area contributed by atoms with Crippen LogP contribution in [0.4, 0.5) is 11.4 Å². The highest BCUT2D eigenvalue weighted by Gasteiger charge is 2.11. The van der Waals surface area contributed by atoms with Crippen LogP contribution in [0, 0.1) is 6.92 Å². The fraction of sp³-hybridized carbons (Fsp3) is 0.214. The smallest absolute Gasteiger partial charge is 0.125 e. The van der Waals surface area contributed by atoms with Crippen LogP contribution < -0.4 is 11.1 Å². The molecule has 2 heterocycles. The van der Waals surface area contributed by atoms with Crippen molar-refractivity contribution in [3.8, 4) is 0 Å². The number of aryl methyl sites for hydroxylation is 1. The molecule has 0 aliphatic heterocycles. The van der Waals surface area contributed by atoms with Crippen molar-refractivity contribution in [2.45, 2.75) is 19.9 Å². The van der Waals surface area contributed by atoms with E-state index in [0.717, 1.165) is 32.4 Å². The molecule has 1 aromatic carbocycles. The fourth-order valence-electron chi connectivity index (χ4n) is 2.07. The molecule has 0 amide bonds. The van der Waals surface area contributed by atoms with E-state index in [4.69, 9.17) is 10.2 Å². The van der Waals surface area contributed by atoms with Gasteiger partial charge in [0, 0.05) is 0 Å². The molecule has 3 rings (SSSR count). The Morgan fingerprint density at radius 1 is 1.42 bits per heavy atom. The number of anilines is 2. The van der Waals surface area contributed by atoms with Crippen LogP contribution in [0.1, 0.15) is 23.7 Å². The largest absolute Gasteiger partial charge is 0.467 e. The van der Waals surface area contributed by atoms with Gasteiger partial charge in [-0.1, -0.05) is 0 Å². The topological polar surface area (TPSA) is 64.1 Å². The lowest BCUT2D eigenvalue weighted by Crippen LogP contribution is -2.07. The predicted molar refractivity (Wildman–Crippen MR) is 79.5 cm³/mol. The summed E-state index contributed by atoms with van der Waals surface area (Å²) >= 11 is 1.65. The first-order valence-corrected chi connectivity index (χ1v) is 6.92. The quantitative estimate of drug-likeness (QED) is 0.709. The summed E-state index contributed by atoms with van der Waals surface area (Å²) in [6.45, 7) is 4.04. The van der Waals surface area contributed by atoms with Crippen molar-refractivity contribution in [3.63, 3.8) is 0 Å². The van der Waals surface area contributed by atoms with E-state index in [1.807, 2.05) is 38.1 Å². The van der Waals surface area contributed by atoms with Crippen LogP contribution in [0.2, 0.25) is 0 Å². The Morgan fingerprint density at radius 2 is 2.26 bits per heavy atom. The van der Waals surface area contributed by atoms with Crippen molar-refractivity contribution < 1.29 is 4.42 Å². The predicted octanol–water partition coefficient (Wildman–Crippen LogP) is 3.95. The fourth-order valence-corrected chi connectivity index (χ4v) is 2.93. The van der Waals surface area contributed by atoms with Gasteiger partial charge in [-0.2, -0.15) is 0 Å². The molecule has 4 nitrogen and oxygen atoms in total. The molecule has 0 fully saturated rings. The van der Waals surface area contributed by atoms with E-state index in [1.54, 1.807) is 17.6 Å². The number of fused-ring (bicyclic) bond motifs is 1. The monoisotopic (exact) mass is 273 g/mol. The molecule has 0 bridgehead atoms. The standard InChI is InChI=1S/C14H15N3OS/c1-8(13-4-3-5-18-13)16-11-7-12-14(6-10(11)15)19-9(2)17-12/h3-8,16H,15H2,1-2H3. The zero-order valence-corrected chi connectivity index (χ0v) is 11.6. The first kappa shape index (κ1) is 12.0. The van der Waals surface area contributed by atoms with E-state index in [1.165, 1.54) is 0 Å². The maximum absolute atomic E-state index is 6.08. The molecule has 19 heavy (non-hydrogen) atoms. The summed E-state index contributed by atoms with van der Waals surface area (Å²) in [5, 5.41) is 4.41. The summed E-state index contributed by atoms with van der Waals surface area (Å²) in [5.41, 5.74) is 8.68. The van der Waals surface area contributed by atoms with Crippen LogP contribution in [0.15, 0.2) is 34.9 Å². The average Bonchev–Trinajstić information content (AvgIpc) is 2.97. The van der Waals surface area contributed by atoms with E-state index >= 15 is 0 Å². The molecule has 3 N–H and O–H groups in total. The van der Waals surface area contributed by atoms with Gasteiger partial charge in [0.05, 0.1) is 38.9 Å². The average molecular weight is 273 g/mol. The number of nitrogens with two attached hydrogens (primary N) is 1. The summed E-state index contributed by atoms with van der Waals surface area (Å²) in [6, 6.07) is 7.85. The lowest BCUT2D eigenvalue weighted by molar-refractivity contribution is 0.490. The number of nitrogens with zero attached hydrogens (tertiary/aromatic N) is 1. The highest BCUT2D eigenvalue weighted by atomic mass is 32.1. The minimum Gasteiger partial charge on any atom is -0.467 e. The van der Waals surface area contributed by atoms with Gasteiger partial charge in [-0.3, -0.25) is 0 Å². The van der Waals surface area contributed by atoms with Gasteiger partial charge in [-0.15, -0.1) is 11.3 Å². The van der Waals surface area contributed by atoms with Gasteiger partial charge >= 0.3 is 0 Å². The Balaban J connectivity index is 1.94.